The van der Waals surface area contributed by atoms with Crippen molar-refractivity contribution in [2.75, 3.05) is 31.9 Å². The molecule has 1 fully saturated rings. The van der Waals surface area contributed by atoms with Gasteiger partial charge in [0.15, 0.2) is 0 Å². The summed E-state index contributed by atoms with van der Waals surface area (Å²) < 4.78 is 25.4. The second-order valence-corrected chi connectivity index (χ2v) is 6.43. The average molecular weight is 248 g/mol. The fraction of sp³-hybridized carbons (Fsp3) is 1.00. The Balaban J connectivity index is 2.58. The maximum atomic E-state index is 11.9. The molecule has 0 radical (unpaired) electrons. The van der Waals surface area contributed by atoms with Crippen LogP contribution >= 0.6 is 0 Å². The average Bonchev–Trinajstić information content (AvgIpc) is 2.69. The van der Waals surface area contributed by atoms with Crippen LogP contribution < -0.4 is 0 Å². The lowest BCUT2D eigenvalue weighted by Crippen LogP contribution is -2.39. The zero-order valence-corrected chi connectivity index (χ0v) is 11.5. The number of sulfonamides is 1. The maximum Gasteiger partial charge on any atom is 0.214 e. The summed E-state index contributed by atoms with van der Waals surface area (Å²) in [7, 11) is -2.99. The molecule has 0 aliphatic carbocycles. The second-order valence-electron chi connectivity index (χ2n) is 4.34. The van der Waals surface area contributed by atoms with E-state index in [2.05, 4.69) is 18.7 Å². The molecule has 0 N–H and O–H groups in total. The number of rotatable bonds is 6. The van der Waals surface area contributed by atoms with Gasteiger partial charge < -0.3 is 0 Å². The largest absolute Gasteiger partial charge is 0.300 e. The molecule has 1 aliphatic heterocycles. The van der Waals surface area contributed by atoms with Crippen molar-refractivity contribution in [2.24, 2.45) is 0 Å². The lowest BCUT2D eigenvalue weighted by Gasteiger charge is -2.26. The summed E-state index contributed by atoms with van der Waals surface area (Å²) in [6.07, 6.45) is 1.68. The van der Waals surface area contributed by atoms with Gasteiger partial charge in [-0.3, -0.25) is 4.90 Å². The Hall–Kier alpha value is -0.130. The predicted octanol–water partition coefficient (Wildman–Crippen LogP) is 1.14. The van der Waals surface area contributed by atoms with Crippen molar-refractivity contribution in [3.63, 3.8) is 0 Å². The van der Waals surface area contributed by atoms with Crippen LogP contribution in [-0.4, -0.2) is 55.6 Å². The van der Waals surface area contributed by atoms with Gasteiger partial charge in [-0.25, -0.2) is 12.7 Å². The molecule has 1 atom stereocenters. The van der Waals surface area contributed by atoms with Crippen molar-refractivity contribution in [3.05, 3.63) is 0 Å². The first-order chi connectivity index (χ1) is 7.55. The Morgan fingerprint density at radius 3 is 2.38 bits per heavy atom. The van der Waals surface area contributed by atoms with Gasteiger partial charge in [-0.15, -0.1) is 0 Å². The van der Waals surface area contributed by atoms with Crippen LogP contribution in [0.2, 0.25) is 0 Å². The first-order valence-corrected chi connectivity index (χ1v) is 7.87. The highest BCUT2D eigenvalue weighted by molar-refractivity contribution is 7.89. The minimum absolute atomic E-state index is 0.290. The highest BCUT2D eigenvalue weighted by Gasteiger charge is 2.32. The quantitative estimate of drug-likeness (QED) is 0.708. The van der Waals surface area contributed by atoms with E-state index < -0.39 is 10.0 Å². The lowest BCUT2D eigenvalue weighted by molar-refractivity contribution is 0.224. The van der Waals surface area contributed by atoms with Crippen molar-refractivity contribution in [2.45, 2.75) is 39.7 Å². The van der Waals surface area contributed by atoms with E-state index in [0.29, 0.717) is 25.6 Å². The van der Waals surface area contributed by atoms with Crippen LogP contribution in [0.15, 0.2) is 0 Å². The van der Waals surface area contributed by atoms with Crippen molar-refractivity contribution >= 4 is 10.0 Å². The van der Waals surface area contributed by atoms with Crippen LogP contribution in [0, 0.1) is 0 Å². The van der Waals surface area contributed by atoms with Gasteiger partial charge in [-0.2, -0.15) is 0 Å². The summed E-state index contributed by atoms with van der Waals surface area (Å²) in [6, 6.07) is 0.418. The standard InChI is InChI=1S/C11H24N2O2S/c1-4-9-16(14,15)13-8-7-11(10-13)12(5-2)6-3/h11H,4-10H2,1-3H3. The Morgan fingerprint density at radius 1 is 1.25 bits per heavy atom. The lowest BCUT2D eigenvalue weighted by atomic mass is 10.2. The predicted molar refractivity (Wildman–Crippen MR) is 67.0 cm³/mol. The zero-order valence-electron chi connectivity index (χ0n) is 10.6. The van der Waals surface area contributed by atoms with Gasteiger partial charge >= 0.3 is 0 Å². The molecule has 1 rings (SSSR count). The second kappa shape index (κ2) is 5.98. The van der Waals surface area contributed by atoms with E-state index in [9.17, 15) is 8.42 Å². The summed E-state index contributed by atoms with van der Waals surface area (Å²) >= 11 is 0. The molecule has 4 nitrogen and oxygen atoms in total. The Morgan fingerprint density at radius 2 is 1.88 bits per heavy atom. The molecule has 1 aliphatic rings. The molecule has 16 heavy (non-hydrogen) atoms. The summed E-state index contributed by atoms with van der Waals surface area (Å²) in [6.45, 7) is 9.56. The molecule has 0 spiro atoms. The Labute approximate surface area is 99.7 Å². The molecule has 1 heterocycles. The number of nitrogens with zero attached hydrogens (tertiary/aromatic N) is 2. The van der Waals surface area contributed by atoms with Crippen molar-refractivity contribution in [1.82, 2.24) is 9.21 Å². The molecular weight excluding hydrogens is 224 g/mol. The summed E-state index contributed by atoms with van der Waals surface area (Å²) in [5.74, 6) is 0.290. The van der Waals surface area contributed by atoms with Crippen LogP contribution in [-0.2, 0) is 10.0 Å². The fourth-order valence-electron chi connectivity index (χ4n) is 2.39. The van der Waals surface area contributed by atoms with E-state index in [4.69, 9.17) is 0 Å². The van der Waals surface area contributed by atoms with Crippen molar-refractivity contribution in [1.29, 1.82) is 0 Å². The van der Waals surface area contributed by atoms with E-state index in [-0.39, 0.29) is 5.75 Å². The summed E-state index contributed by atoms with van der Waals surface area (Å²) in [5, 5.41) is 0. The van der Waals surface area contributed by atoms with E-state index in [1.165, 1.54) is 0 Å². The molecule has 0 aromatic rings. The van der Waals surface area contributed by atoms with Gasteiger partial charge in [0.1, 0.15) is 0 Å². The van der Waals surface area contributed by atoms with Crippen LogP contribution in [0.5, 0.6) is 0 Å². The van der Waals surface area contributed by atoms with Gasteiger partial charge in [-0.05, 0) is 25.9 Å². The van der Waals surface area contributed by atoms with Gasteiger partial charge in [0, 0.05) is 19.1 Å². The smallest absolute Gasteiger partial charge is 0.214 e. The number of hydrogen-bond acceptors (Lipinski definition) is 3. The van der Waals surface area contributed by atoms with Crippen LogP contribution in [0.1, 0.15) is 33.6 Å². The monoisotopic (exact) mass is 248 g/mol. The third kappa shape index (κ3) is 3.18. The third-order valence-electron chi connectivity index (χ3n) is 3.31. The number of hydrogen-bond donors (Lipinski definition) is 0. The van der Waals surface area contributed by atoms with Gasteiger partial charge in [0.05, 0.1) is 5.75 Å². The summed E-state index contributed by atoms with van der Waals surface area (Å²) in [5.41, 5.74) is 0. The number of likely N-dealkylation sites (N-methyl/N-ethyl adjacent to an activating group) is 1. The minimum Gasteiger partial charge on any atom is -0.300 e. The molecule has 96 valence electrons. The van der Waals surface area contributed by atoms with E-state index in [0.717, 1.165) is 19.5 Å². The highest BCUT2D eigenvalue weighted by Crippen LogP contribution is 2.19. The maximum absolute atomic E-state index is 11.9. The third-order valence-corrected chi connectivity index (χ3v) is 5.35. The van der Waals surface area contributed by atoms with E-state index >= 15 is 0 Å². The first-order valence-electron chi connectivity index (χ1n) is 6.27. The normalized spacial score (nSPS) is 23.1. The topological polar surface area (TPSA) is 40.6 Å². The molecule has 1 unspecified atom stereocenters. The molecular formula is C11H24N2O2S. The van der Waals surface area contributed by atoms with E-state index in [1.807, 2.05) is 6.92 Å². The molecule has 5 heteroatoms. The van der Waals surface area contributed by atoms with Gasteiger partial charge in [-0.1, -0.05) is 20.8 Å². The van der Waals surface area contributed by atoms with Crippen molar-refractivity contribution in [3.8, 4) is 0 Å². The van der Waals surface area contributed by atoms with E-state index in [1.54, 1.807) is 4.31 Å². The summed E-state index contributed by atoms with van der Waals surface area (Å²) in [4.78, 5) is 2.35. The Kier molecular flexibility index (Phi) is 5.21. The molecule has 1 saturated heterocycles. The zero-order chi connectivity index (χ0) is 12.2. The first kappa shape index (κ1) is 13.9. The SMILES string of the molecule is CCCS(=O)(=O)N1CCC(N(CC)CC)C1. The van der Waals surface area contributed by atoms with Gasteiger partial charge in [0.2, 0.25) is 10.0 Å². The van der Waals surface area contributed by atoms with Crippen LogP contribution in [0.3, 0.4) is 0 Å². The molecule has 0 saturated carbocycles. The molecule has 0 bridgehead atoms. The Bertz CT molecular complexity index is 299. The van der Waals surface area contributed by atoms with Crippen molar-refractivity contribution < 1.29 is 8.42 Å². The van der Waals surface area contributed by atoms with Crippen LogP contribution in [0.4, 0.5) is 0 Å². The minimum atomic E-state index is -2.99. The highest BCUT2D eigenvalue weighted by atomic mass is 32.2. The molecule has 0 amide bonds. The van der Waals surface area contributed by atoms with Gasteiger partial charge in [0.25, 0.3) is 0 Å². The molecule has 0 aromatic carbocycles. The van der Waals surface area contributed by atoms with Crippen LogP contribution in [0.25, 0.3) is 0 Å². The fourth-order valence-corrected chi connectivity index (χ4v) is 3.95. The molecule has 0 aromatic heterocycles.